The van der Waals surface area contributed by atoms with E-state index in [1.807, 2.05) is 0 Å². The molecule has 110 valence electrons. The van der Waals surface area contributed by atoms with E-state index in [9.17, 15) is 14.4 Å². The van der Waals surface area contributed by atoms with Gasteiger partial charge < -0.3 is 9.47 Å². The lowest BCUT2D eigenvalue weighted by atomic mass is 9.74. The van der Waals surface area contributed by atoms with Crippen LogP contribution in [0.4, 0.5) is 0 Å². The van der Waals surface area contributed by atoms with Gasteiger partial charge in [0.05, 0.1) is 26.1 Å². The van der Waals surface area contributed by atoms with Crippen LogP contribution in [-0.2, 0) is 23.9 Å². The Morgan fingerprint density at radius 3 is 1.60 bits per heavy atom. The van der Waals surface area contributed by atoms with Crippen LogP contribution in [0.25, 0.3) is 0 Å². The molecule has 0 aliphatic heterocycles. The van der Waals surface area contributed by atoms with Gasteiger partial charge in [0.15, 0.2) is 0 Å². The van der Waals surface area contributed by atoms with Crippen LogP contribution in [0, 0.1) is 11.8 Å². The van der Waals surface area contributed by atoms with E-state index >= 15 is 0 Å². The molecule has 2 aliphatic rings. The Balaban J connectivity index is 2.25. The van der Waals surface area contributed by atoms with Crippen LogP contribution >= 0.6 is 0 Å². The van der Waals surface area contributed by atoms with Crippen molar-refractivity contribution >= 4 is 17.7 Å². The highest BCUT2D eigenvalue weighted by Crippen LogP contribution is 2.40. The molecule has 0 saturated heterocycles. The number of allylic oxidation sites excluding steroid dienone is 2. The number of carbonyl (C=O) groups excluding carboxylic acids is 3. The molecule has 0 spiro atoms. The van der Waals surface area contributed by atoms with Crippen molar-refractivity contribution in [1.29, 1.82) is 0 Å². The van der Waals surface area contributed by atoms with Crippen molar-refractivity contribution in [3.8, 4) is 0 Å². The summed E-state index contributed by atoms with van der Waals surface area (Å²) in [7, 11) is 2.66. The zero-order valence-electron chi connectivity index (χ0n) is 11.9. The van der Waals surface area contributed by atoms with Gasteiger partial charge in [-0.3, -0.25) is 14.4 Å². The highest BCUT2D eigenvalue weighted by atomic mass is 16.5. The maximum absolute atomic E-state index is 11.9. The normalized spacial score (nSPS) is 26.6. The van der Waals surface area contributed by atoms with E-state index < -0.39 is 11.8 Å². The average molecular weight is 280 g/mol. The zero-order chi connectivity index (χ0) is 14.7. The van der Waals surface area contributed by atoms with E-state index in [-0.39, 0.29) is 17.7 Å². The highest BCUT2D eigenvalue weighted by Gasteiger charge is 2.40. The Morgan fingerprint density at radius 1 is 0.850 bits per heavy atom. The number of carbonyl (C=O) groups is 3. The minimum absolute atomic E-state index is 0.253. The molecule has 5 heteroatoms. The number of hydrogen-bond acceptors (Lipinski definition) is 5. The van der Waals surface area contributed by atoms with Crippen molar-refractivity contribution in [2.45, 2.75) is 38.5 Å². The SMILES string of the molecule is COC(=O)[C@@H]1CC2=C(CCC(=O)CC2)C[C@H]1C(=O)OC. The Kier molecular flexibility index (Phi) is 4.57. The van der Waals surface area contributed by atoms with Crippen molar-refractivity contribution < 1.29 is 23.9 Å². The van der Waals surface area contributed by atoms with Crippen LogP contribution in [0.5, 0.6) is 0 Å². The van der Waals surface area contributed by atoms with Crippen molar-refractivity contribution in [1.82, 2.24) is 0 Å². The van der Waals surface area contributed by atoms with Crippen molar-refractivity contribution in [3.05, 3.63) is 11.1 Å². The summed E-state index contributed by atoms with van der Waals surface area (Å²) in [6, 6.07) is 0. The number of rotatable bonds is 2. The maximum Gasteiger partial charge on any atom is 0.309 e. The summed E-state index contributed by atoms with van der Waals surface area (Å²) in [5.74, 6) is -1.47. The number of esters is 2. The third kappa shape index (κ3) is 2.92. The van der Waals surface area contributed by atoms with Crippen LogP contribution in [-0.4, -0.2) is 31.9 Å². The fraction of sp³-hybridized carbons (Fsp3) is 0.667. The summed E-state index contributed by atoms with van der Waals surface area (Å²) in [5.41, 5.74) is 2.32. The third-order valence-electron chi connectivity index (χ3n) is 4.34. The van der Waals surface area contributed by atoms with Gasteiger partial charge in [-0.2, -0.15) is 0 Å². The summed E-state index contributed by atoms with van der Waals surface area (Å²) in [4.78, 5) is 35.4. The van der Waals surface area contributed by atoms with Gasteiger partial charge in [-0.25, -0.2) is 0 Å². The third-order valence-corrected chi connectivity index (χ3v) is 4.34. The molecule has 0 amide bonds. The van der Waals surface area contributed by atoms with Gasteiger partial charge in [0.25, 0.3) is 0 Å². The van der Waals surface area contributed by atoms with Gasteiger partial charge in [0.1, 0.15) is 5.78 Å². The fourth-order valence-electron chi connectivity index (χ4n) is 3.17. The molecule has 0 heterocycles. The van der Waals surface area contributed by atoms with Gasteiger partial charge in [0, 0.05) is 12.8 Å². The Labute approximate surface area is 118 Å². The monoisotopic (exact) mass is 280 g/mol. The van der Waals surface area contributed by atoms with Gasteiger partial charge in [0.2, 0.25) is 0 Å². The molecule has 0 fully saturated rings. The lowest BCUT2D eigenvalue weighted by Gasteiger charge is -2.31. The quantitative estimate of drug-likeness (QED) is 0.570. The van der Waals surface area contributed by atoms with Crippen molar-refractivity contribution in [2.75, 3.05) is 14.2 Å². The number of ketones is 1. The van der Waals surface area contributed by atoms with E-state index in [1.165, 1.54) is 14.2 Å². The zero-order valence-corrected chi connectivity index (χ0v) is 11.9. The first-order chi connectivity index (χ1) is 9.56. The predicted octanol–water partition coefficient (Wildman–Crippen LogP) is 1.80. The highest BCUT2D eigenvalue weighted by molar-refractivity contribution is 5.84. The van der Waals surface area contributed by atoms with E-state index in [0.717, 1.165) is 11.1 Å². The molecule has 2 aliphatic carbocycles. The topological polar surface area (TPSA) is 69.7 Å². The first-order valence-corrected chi connectivity index (χ1v) is 6.94. The molecular formula is C15H20O5. The van der Waals surface area contributed by atoms with Gasteiger partial charge in [-0.15, -0.1) is 0 Å². The lowest BCUT2D eigenvalue weighted by molar-refractivity contribution is -0.158. The van der Waals surface area contributed by atoms with E-state index in [2.05, 4.69) is 0 Å². The number of ether oxygens (including phenoxy) is 2. The molecule has 0 aromatic carbocycles. The molecule has 2 atom stereocenters. The summed E-state index contributed by atoms with van der Waals surface area (Å²) in [5, 5.41) is 0. The summed E-state index contributed by atoms with van der Waals surface area (Å²) in [6.07, 6.45) is 3.50. The largest absolute Gasteiger partial charge is 0.469 e. The van der Waals surface area contributed by atoms with Gasteiger partial charge in [-0.1, -0.05) is 11.1 Å². The van der Waals surface area contributed by atoms with Crippen molar-refractivity contribution in [2.24, 2.45) is 11.8 Å². The molecule has 0 N–H and O–H groups in total. The predicted molar refractivity (Wildman–Crippen MR) is 70.7 cm³/mol. The van der Waals surface area contributed by atoms with E-state index in [0.29, 0.717) is 38.5 Å². The first-order valence-electron chi connectivity index (χ1n) is 6.94. The molecule has 2 rings (SSSR count). The molecular weight excluding hydrogens is 260 g/mol. The second kappa shape index (κ2) is 6.20. The maximum atomic E-state index is 11.9. The van der Waals surface area contributed by atoms with Crippen LogP contribution in [0.15, 0.2) is 11.1 Å². The molecule has 0 aromatic rings. The molecule has 5 nitrogen and oxygen atoms in total. The second-order valence-electron chi connectivity index (χ2n) is 5.41. The molecule has 0 bridgehead atoms. The van der Waals surface area contributed by atoms with Gasteiger partial charge >= 0.3 is 11.9 Å². The Morgan fingerprint density at radius 2 is 1.25 bits per heavy atom. The molecule has 0 unspecified atom stereocenters. The van der Waals surface area contributed by atoms with Crippen LogP contribution < -0.4 is 0 Å². The first kappa shape index (κ1) is 14.8. The molecule has 0 radical (unpaired) electrons. The van der Waals surface area contributed by atoms with Crippen molar-refractivity contribution in [3.63, 3.8) is 0 Å². The van der Waals surface area contributed by atoms with Crippen LogP contribution in [0.1, 0.15) is 38.5 Å². The standard InChI is InChI=1S/C15H20O5/c1-19-14(17)12-7-9-3-5-11(16)6-4-10(9)8-13(12)15(18)20-2/h12-13H,3-8H2,1-2H3/t12-,13-/m1/s1. The minimum Gasteiger partial charge on any atom is -0.469 e. The summed E-state index contributed by atoms with van der Waals surface area (Å²) in [6.45, 7) is 0. The van der Waals surface area contributed by atoms with Crippen LogP contribution in [0.3, 0.4) is 0 Å². The van der Waals surface area contributed by atoms with E-state index in [4.69, 9.17) is 9.47 Å². The average Bonchev–Trinajstić information content (AvgIpc) is 2.66. The van der Waals surface area contributed by atoms with Gasteiger partial charge in [-0.05, 0) is 25.7 Å². The summed E-state index contributed by atoms with van der Waals surface area (Å²) < 4.78 is 9.62. The fourth-order valence-corrected chi connectivity index (χ4v) is 3.17. The van der Waals surface area contributed by atoms with E-state index in [1.54, 1.807) is 0 Å². The molecule has 20 heavy (non-hydrogen) atoms. The van der Waals surface area contributed by atoms with Crippen LogP contribution in [0.2, 0.25) is 0 Å². The molecule has 0 aromatic heterocycles. The number of methoxy groups -OCH3 is 2. The summed E-state index contributed by atoms with van der Waals surface area (Å²) >= 11 is 0. The lowest BCUT2D eigenvalue weighted by Crippen LogP contribution is -2.35. The number of Topliss-reactive ketones (excluding diaryl/α,β-unsaturated/α-hetero) is 1. The molecule has 0 saturated carbocycles. The second-order valence-corrected chi connectivity index (χ2v) is 5.41. The minimum atomic E-state index is -0.487. The Bertz CT molecular complexity index is 423. The number of hydrogen-bond donors (Lipinski definition) is 0. The smallest absolute Gasteiger partial charge is 0.309 e. The Hall–Kier alpha value is -1.65.